The number of hydrogen-bond donors (Lipinski definition) is 1. The molecule has 5 nitrogen and oxygen atoms in total. The minimum Gasteiger partial charge on any atom is -0.469 e. The number of nitrogens with one attached hydrogen (secondary N) is 1. The Balaban J connectivity index is 2.59. The van der Waals surface area contributed by atoms with Crippen LogP contribution in [0, 0.1) is 5.82 Å². The quantitative estimate of drug-likeness (QED) is 0.796. The zero-order valence-electron chi connectivity index (χ0n) is 10.2. The number of anilines is 1. The van der Waals surface area contributed by atoms with Gasteiger partial charge in [0.1, 0.15) is 5.82 Å². The Labute approximate surface area is 119 Å². The van der Waals surface area contributed by atoms with Gasteiger partial charge in [0.2, 0.25) is 10.0 Å². The molecule has 0 aliphatic rings. The number of esters is 1. The molecular formula is C11H13BrFNO4S. The van der Waals surface area contributed by atoms with Gasteiger partial charge in [-0.05, 0) is 40.5 Å². The molecule has 1 aromatic rings. The summed E-state index contributed by atoms with van der Waals surface area (Å²) in [7, 11) is -2.33. The van der Waals surface area contributed by atoms with Gasteiger partial charge < -0.3 is 4.74 Å². The summed E-state index contributed by atoms with van der Waals surface area (Å²) in [6.45, 7) is 0. The van der Waals surface area contributed by atoms with E-state index in [2.05, 4.69) is 25.4 Å². The lowest BCUT2D eigenvalue weighted by Gasteiger charge is -2.08. The van der Waals surface area contributed by atoms with E-state index in [0.717, 1.165) is 6.07 Å². The molecule has 19 heavy (non-hydrogen) atoms. The molecule has 8 heteroatoms. The van der Waals surface area contributed by atoms with E-state index in [9.17, 15) is 17.6 Å². The van der Waals surface area contributed by atoms with Gasteiger partial charge in [-0.3, -0.25) is 9.52 Å². The number of halogens is 2. The summed E-state index contributed by atoms with van der Waals surface area (Å²) in [6, 6.07) is 3.79. The Morgan fingerprint density at radius 1 is 1.47 bits per heavy atom. The van der Waals surface area contributed by atoms with Crippen molar-refractivity contribution >= 4 is 37.6 Å². The van der Waals surface area contributed by atoms with E-state index in [1.807, 2.05) is 0 Å². The standard InChI is InChI=1S/C11H13BrFNO4S/c1-18-11(15)3-2-6-19(16,17)14-8-4-5-10(13)9(12)7-8/h4-5,7,14H,2-3,6H2,1H3. The fourth-order valence-corrected chi connectivity index (χ4v) is 2.79. The number of methoxy groups -OCH3 is 1. The lowest BCUT2D eigenvalue weighted by atomic mass is 10.3. The van der Waals surface area contributed by atoms with Gasteiger partial charge in [0.15, 0.2) is 0 Å². The van der Waals surface area contributed by atoms with Gasteiger partial charge in [-0.1, -0.05) is 0 Å². The van der Waals surface area contributed by atoms with Crippen LogP contribution >= 0.6 is 15.9 Å². The maximum Gasteiger partial charge on any atom is 0.305 e. The average molecular weight is 354 g/mol. The third-order valence-electron chi connectivity index (χ3n) is 2.21. The monoisotopic (exact) mass is 353 g/mol. The molecule has 0 heterocycles. The number of rotatable bonds is 6. The fourth-order valence-electron chi connectivity index (χ4n) is 1.30. The molecule has 0 spiro atoms. The molecule has 0 unspecified atom stereocenters. The average Bonchev–Trinajstić information content (AvgIpc) is 2.33. The number of sulfonamides is 1. The van der Waals surface area contributed by atoms with Crippen molar-refractivity contribution < 1.29 is 22.3 Å². The van der Waals surface area contributed by atoms with Gasteiger partial charge in [0, 0.05) is 12.1 Å². The normalized spacial score (nSPS) is 11.1. The molecular weight excluding hydrogens is 341 g/mol. The molecule has 0 saturated carbocycles. The zero-order chi connectivity index (χ0) is 14.5. The predicted molar refractivity (Wildman–Crippen MR) is 72.8 cm³/mol. The summed E-state index contributed by atoms with van der Waals surface area (Å²) in [4.78, 5) is 10.9. The minimum absolute atomic E-state index is 0.0323. The fraction of sp³-hybridized carbons (Fsp3) is 0.364. The van der Waals surface area contributed by atoms with Crippen LogP contribution < -0.4 is 4.72 Å². The van der Waals surface area contributed by atoms with Gasteiger partial charge in [0.05, 0.1) is 17.3 Å². The van der Waals surface area contributed by atoms with Crippen LogP contribution in [0.1, 0.15) is 12.8 Å². The predicted octanol–water partition coefficient (Wildman–Crippen LogP) is 2.28. The van der Waals surface area contributed by atoms with Crippen LogP contribution in [0.3, 0.4) is 0 Å². The number of benzene rings is 1. The summed E-state index contributed by atoms with van der Waals surface area (Å²) < 4.78 is 43.3. The lowest BCUT2D eigenvalue weighted by Crippen LogP contribution is -2.17. The van der Waals surface area contributed by atoms with Gasteiger partial charge in [-0.25, -0.2) is 12.8 Å². The summed E-state index contributed by atoms with van der Waals surface area (Å²) in [6.07, 6.45) is 0.189. The van der Waals surface area contributed by atoms with Crippen molar-refractivity contribution in [2.24, 2.45) is 0 Å². The highest BCUT2D eigenvalue weighted by Crippen LogP contribution is 2.20. The number of hydrogen-bond acceptors (Lipinski definition) is 4. The number of carbonyl (C=O) groups is 1. The Hall–Kier alpha value is -1.15. The lowest BCUT2D eigenvalue weighted by molar-refractivity contribution is -0.140. The molecule has 0 fully saturated rings. The minimum atomic E-state index is -3.57. The Morgan fingerprint density at radius 3 is 2.74 bits per heavy atom. The van der Waals surface area contributed by atoms with Crippen LogP contribution in [0.4, 0.5) is 10.1 Å². The smallest absolute Gasteiger partial charge is 0.305 e. The first-order valence-electron chi connectivity index (χ1n) is 5.36. The molecule has 0 aromatic heterocycles. The molecule has 1 N–H and O–H groups in total. The topological polar surface area (TPSA) is 72.5 Å². The molecule has 0 bridgehead atoms. The molecule has 0 amide bonds. The van der Waals surface area contributed by atoms with Gasteiger partial charge in [-0.2, -0.15) is 0 Å². The second-order valence-corrected chi connectivity index (χ2v) is 6.43. The summed E-state index contributed by atoms with van der Waals surface area (Å²) in [5, 5.41) is 0. The third-order valence-corrected chi connectivity index (χ3v) is 4.20. The zero-order valence-corrected chi connectivity index (χ0v) is 12.6. The molecule has 0 aliphatic carbocycles. The summed E-state index contributed by atoms with van der Waals surface area (Å²) in [5.41, 5.74) is 0.256. The number of ether oxygens (including phenoxy) is 1. The van der Waals surface area contributed by atoms with Crippen molar-refractivity contribution in [3.8, 4) is 0 Å². The third kappa shape index (κ3) is 5.56. The highest BCUT2D eigenvalue weighted by atomic mass is 79.9. The van der Waals surface area contributed by atoms with E-state index in [1.165, 1.54) is 19.2 Å². The van der Waals surface area contributed by atoms with Crippen molar-refractivity contribution in [2.75, 3.05) is 17.6 Å². The van der Waals surface area contributed by atoms with Crippen LogP contribution in [0.15, 0.2) is 22.7 Å². The van der Waals surface area contributed by atoms with Crippen molar-refractivity contribution in [3.05, 3.63) is 28.5 Å². The Kier molecular flexibility index (Phi) is 5.74. The molecule has 0 saturated heterocycles. The largest absolute Gasteiger partial charge is 0.469 e. The second kappa shape index (κ2) is 6.85. The first-order valence-corrected chi connectivity index (χ1v) is 7.81. The van der Waals surface area contributed by atoms with Crippen LogP contribution in [0.5, 0.6) is 0 Å². The summed E-state index contributed by atoms with van der Waals surface area (Å²) >= 11 is 2.96. The van der Waals surface area contributed by atoms with E-state index in [0.29, 0.717) is 0 Å². The molecule has 0 aliphatic heterocycles. The van der Waals surface area contributed by atoms with Crippen molar-refractivity contribution in [1.29, 1.82) is 0 Å². The maximum absolute atomic E-state index is 13.0. The van der Waals surface area contributed by atoms with E-state index in [1.54, 1.807) is 0 Å². The Bertz CT molecular complexity index is 562. The second-order valence-electron chi connectivity index (χ2n) is 3.73. The van der Waals surface area contributed by atoms with Crippen molar-refractivity contribution in [1.82, 2.24) is 0 Å². The highest BCUT2D eigenvalue weighted by Gasteiger charge is 2.12. The van der Waals surface area contributed by atoms with Crippen molar-refractivity contribution in [3.63, 3.8) is 0 Å². The number of carbonyl (C=O) groups excluding carboxylic acids is 1. The van der Waals surface area contributed by atoms with Gasteiger partial charge in [0.25, 0.3) is 0 Å². The summed E-state index contributed by atoms with van der Waals surface area (Å²) in [5.74, 6) is -1.15. The maximum atomic E-state index is 13.0. The van der Waals surface area contributed by atoms with Gasteiger partial charge in [-0.15, -0.1) is 0 Å². The van der Waals surface area contributed by atoms with Crippen LogP contribution in [-0.4, -0.2) is 27.2 Å². The molecule has 0 atom stereocenters. The molecule has 1 rings (SSSR count). The van der Waals surface area contributed by atoms with Crippen LogP contribution in [0.2, 0.25) is 0 Å². The van der Waals surface area contributed by atoms with E-state index in [-0.39, 0.29) is 28.8 Å². The van der Waals surface area contributed by atoms with Crippen molar-refractivity contribution in [2.45, 2.75) is 12.8 Å². The van der Waals surface area contributed by atoms with E-state index >= 15 is 0 Å². The molecule has 1 aromatic carbocycles. The SMILES string of the molecule is COC(=O)CCCS(=O)(=O)Nc1ccc(F)c(Br)c1. The van der Waals surface area contributed by atoms with E-state index < -0.39 is 21.8 Å². The molecule has 106 valence electrons. The van der Waals surface area contributed by atoms with Crippen LogP contribution in [0.25, 0.3) is 0 Å². The van der Waals surface area contributed by atoms with Crippen LogP contribution in [-0.2, 0) is 19.6 Å². The first-order chi connectivity index (χ1) is 8.84. The molecule has 0 radical (unpaired) electrons. The first kappa shape index (κ1) is 15.9. The van der Waals surface area contributed by atoms with E-state index in [4.69, 9.17) is 0 Å². The Morgan fingerprint density at radius 2 is 2.16 bits per heavy atom. The highest BCUT2D eigenvalue weighted by molar-refractivity contribution is 9.10. The van der Waals surface area contributed by atoms with Gasteiger partial charge >= 0.3 is 5.97 Å².